The monoisotopic (exact) mass is 457 g/mol. The van der Waals surface area contributed by atoms with Crippen LogP contribution in [0.25, 0.3) is 6.08 Å². The lowest BCUT2D eigenvalue weighted by Crippen LogP contribution is -2.36. The van der Waals surface area contributed by atoms with Crippen molar-refractivity contribution < 1.29 is 22.7 Å². The Hall–Kier alpha value is -3.17. The zero-order chi connectivity index (χ0) is 23.1. The van der Waals surface area contributed by atoms with E-state index in [2.05, 4.69) is 4.72 Å². The molecule has 3 rings (SSSR count). The predicted molar refractivity (Wildman–Crippen MR) is 122 cm³/mol. The maximum atomic E-state index is 12.9. The van der Waals surface area contributed by atoms with Gasteiger partial charge in [-0.3, -0.25) is 9.59 Å². The first kappa shape index (κ1) is 23.5. The van der Waals surface area contributed by atoms with E-state index in [-0.39, 0.29) is 16.7 Å². The molecule has 1 N–H and O–H groups in total. The molecule has 0 radical (unpaired) electrons. The Morgan fingerprint density at radius 2 is 1.62 bits per heavy atom. The van der Waals surface area contributed by atoms with Gasteiger partial charge in [-0.15, -0.1) is 0 Å². The minimum atomic E-state index is -3.49. The third kappa shape index (κ3) is 5.54. The molecular formula is C23H27N3O5S. The van der Waals surface area contributed by atoms with Crippen LogP contribution in [0.1, 0.15) is 22.3 Å². The van der Waals surface area contributed by atoms with E-state index in [1.807, 2.05) is 6.07 Å². The molecule has 0 unspecified atom stereocenters. The molecule has 1 saturated heterocycles. The summed E-state index contributed by atoms with van der Waals surface area (Å²) in [5.41, 5.74) is 1.23. The molecule has 170 valence electrons. The van der Waals surface area contributed by atoms with Crippen LogP contribution in [0.15, 0.2) is 59.5 Å². The van der Waals surface area contributed by atoms with E-state index in [1.165, 1.54) is 32.4 Å². The van der Waals surface area contributed by atoms with Gasteiger partial charge >= 0.3 is 0 Å². The number of ether oxygens (including phenoxy) is 1. The molecule has 0 spiro atoms. The summed E-state index contributed by atoms with van der Waals surface area (Å²) in [4.78, 5) is 29.2. The van der Waals surface area contributed by atoms with Gasteiger partial charge in [0.2, 0.25) is 15.9 Å². The summed E-state index contributed by atoms with van der Waals surface area (Å²) in [5.74, 6) is 0.276. The fraction of sp³-hybridized carbons (Fsp3) is 0.304. The third-order valence-corrected chi connectivity index (χ3v) is 6.74. The number of amides is 2. The summed E-state index contributed by atoms with van der Waals surface area (Å²) < 4.78 is 31.1. The van der Waals surface area contributed by atoms with Crippen LogP contribution in [0, 0.1) is 0 Å². The maximum absolute atomic E-state index is 12.9. The highest BCUT2D eigenvalue weighted by molar-refractivity contribution is 7.89. The van der Waals surface area contributed by atoms with Crippen molar-refractivity contribution in [2.45, 2.75) is 11.3 Å². The normalized spacial score (nSPS) is 14.9. The van der Waals surface area contributed by atoms with Gasteiger partial charge in [0, 0.05) is 32.3 Å². The molecule has 0 aromatic heterocycles. The van der Waals surface area contributed by atoms with E-state index in [0.29, 0.717) is 43.9 Å². The van der Waals surface area contributed by atoms with Crippen LogP contribution in [0.2, 0.25) is 0 Å². The van der Waals surface area contributed by atoms with Gasteiger partial charge in [0.15, 0.2) is 0 Å². The zero-order valence-electron chi connectivity index (χ0n) is 18.2. The average molecular weight is 458 g/mol. The van der Waals surface area contributed by atoms with Gasteiger partial charge in [-0.2, -0.15) is 0 Å². The summed E-state index contributed by atoms with van der Waals surface area (Å²) in [5, 5.41) is 0. The molecule has 2 aromatic carbocycles. The lowest BCUT2D eigenvalue weighted by atomic mass is 10.1. The van der Waals surface area contributed by atoms with Crippen LogP contribution < -0.4 is 9.46 Å². The Labute approximate surface area is 188 Å². The molecule has 2 amide bonds. The molecule has 1 fully saturated rings. The quantitative estimate of drug-likeness (QED) is 0.670. The SMILES string of the molecule is CNS(=O)(=O)c1ccc(/C=C/C(=O)N2CCCN(C(=O)c3ccccc3OC)CC2)cc1. The Morgan fingerprint density at radius 1 is 0.969 bits per heavy atom. The third-order valence-electron chi connectivity index (χ3n) is 5.31. The van der Waals surface area contributed by atoms with Crippen molar-refractivity contribution in [3.63, 3.8) is 0 Å². The van der Waals surface area contributed by atoms with Crippen LogP contribution in [-0.2, 0) is 14.8 Å². The minimum Gasteiger partial charge on any atom is -0.496 e. The Bertz CT molecular complexity index is 1100. The van der Waals surface area contributed by atoms with Crippen molar-refractivity contribution in [3.05, 3.63) is 65.7 Å². The summed E-state index contributed by atoms with van der Waals surface area (Å²) in [7, 11) is -0.602. The highest BCUT2D eigenvalue weighted by atomic mass is 32.2. The van der Waals surface area contributed by atoms with Crippen LogP contribution in [-0.4, -0.2) is 70.4 Å². The second-order valence-corrected chi connectivity index (χ2v) is 9.17. The first-order valence-electron chi connectivity index (χ1n) is 10.3. The van der Waals surface area contributed by atoms with Crippen molar-refractivity contribution in [1.29, 1.82) is 0 Å². The molecule has 2 aromatic rings. The van der Waals surface area contributed by atoms with Crippen molar-refractivity contribution in [2.75, 3.05) is 40.3 Å². The summed E-state index contributed by atoms with van der Waals surface area (Å²) in [6.45, 7) is 1.99. The number of nitrogens with zero attached hydrogens (tertiary/aromatic N) is 2. The van der Waals surface area contributed by atoms with Gasteiger partial charge in [0.1, 0.15) is 5.75 Å². The lowest BCUT2D eigenvalue weighted by Gasteiger charge is -2.22. The molecule has 0 aliphatic carbocycles. The molecule has 0 saturated carbocycles. The molecular weight excluding hydrogens is 430 g/mol. The van der Waals surface area contributed by atoms with Gasteiger partial charge in [-0.25, -0.2) is 13.1 Å². The molecule has 1 aliphatic rings. The van der Waals surface area contributed by atoms with E-state index < -0.39 is 10.0 Å². The summed E-state index contributed by atoms with van der Waals surface area (Å²) in [6.07, 6.45) is 3.80. The number of benzene rings is 2. The second-order valence-electron chi connectivity index (χ2n) is 7.28. The molecule has 9 heteroatoms. The van der Waals surface area contributed by atoms with E-state index in [1.54, 1.807) is 46.2 Å². The van der Waals surface area contributed by atoms with Gasteiger partial charge in [0.25, 0.3) is 5.91 Å². The number of carbonyl (C=O) groups is 2. The number of rotatable bonds is 6. The number of carbonyl (C=O) groups excluding carboxylic acids is 2. The Morgan fingerprint density at radius 3 is 2.31 bits per heavy atom. The molecule has 1 aliphatic heterocycles. The fourth-order valence-corrected chi connectivity index (χ4v) is 4.21. The molecule has 32 heavy (non-hydrogen) atoms. The standard InChI is InChI=1S/C23H27N3O5S/c1-24-32(29,30)19-11-8-18(9-12-19)10-13-22(27)25-14-5-15-26(17-16-25)23(28)20-6-3-4-7-21(20)31-2/h3-4,6-13,24H,5,14-17H2,1-2H3/b13-10+. The smallest absolute Gasteiger partial charge is 0.257 e. The van der Waals surface area contributed by atoms with Crippen molar-refractivity contribution in [2.24, 2.45) is 0 Å². The fourth-order valence-electron chi connectivity index (χ4n) is 3.48. The molecule has 0 atom stereocenters. The van der Waals surface area contributed by atoms with E-state index in [4.69, 9.17) is 4.74 Å². The van der Waals surface area contributed by atoms with Gasteiger partial charge in [0.05, 0.1) is 17.6 Å². The van der Waals surface area contributed by atoms with Gasteiger partial charge in [-0.05, 0) is 49.4 Å². The van der Waals surface area contributed by atoms with E-state index in [0.717, 1.165) is 5.56 Å². The Kier molecular flexibility index (Phi) is 7.66. The van der Waals surface area contributed by atoms with Crippen LogP contribution in [0.4, 0.5) is 0 Å². The van der Waals surface area contributed by atoms with Crippen molar-refractivity contribution in [3.8, 4) is 5.75 Å². The largest absolute Gasteiger partial charge is 0.496 e. The summed E-state index contributed by atoms with van der Waals surface area (Å²) >= 11 is 0. The minimum absolute atomic E-state index is 0.107. The molecule has 0 bridgehead atoms. The first-order valence-corrected chi connectivity index (χ1v) is 11.8. The van der Waals surface area contributed by atoms with E-state index in [9.17, 15) is 18.0 Å². The maximum Gasteiger partial charge on any atom is 0.257 e. The van der Waals surface area contributed by atoms with E-state index >= 15 is 0 Å². The van der Waals surface area contributed by atoms with Crippen molar-refractivity contribution in [1.82, 2.24) is 14.5 Å². The van der Waals surface area contributed by atoms with Crippen molar-refractivity contribution >= 4 is 27.9 Å². The predicted octanol–water partition coefficient (Wildman–Crippen LogP) is 1.99. The number of para-hydroxylation sites is 1. The van der Waals surface area contributed by atoms with Crippen LogP contribution in [0.5, 0.6) is 5.75 Å². The van der Waals surface area contributed by atoms with Crippen LogP contribution >= 0.6 is 0 Å². The number of methoxy groups -OCH3 is 1. The number of hydrogen-bond acceptors (Lipinski definition) is 5. The van der Waals surface area contributed by atoms with Gasteiger partial charge in [-0.1, -0.05) is 24.3 Å². The zero-order valence-corrected chi connectivity index (χ0v) is 19.0. The Balaban J connectivity index is 1.61. The van der Waals surface area contributed by atoms with Gasteiger partial charge < -0.3 is 14.5 Å². The first-order chi connectivity index (χ1) is 15.4. The second kappa shape index (κ2) is 10.4. The lowest BCUT2D eigenvalue weighted by molar-refractivity contribution is -0.125. The molecule has 8 nitrogen and oxygen atoms in total. The number of nitrogens with one attached hydrogen (secondary N) is 1. The topological polar surface area (TPSA) is 96.0 Å². The molecule has 1 heterocycles. The number of hydrogen-bond donors (Lipinski definition) is 1. The number of sulfonamides is 1. The summed E-state index contributed by atoms with van der Waals surface area (Å²) in [6, 6.07) is 13.4. The highest BCUT2D eigenvalue weighted by Crippen LogP contribution is 2.20. The average Bonchev–Trinajstić information content (AvgIpc) is 3.08. The highest BCUT2D eigenvalue weighted by Gasteiger charge is 2.23. The van der Waals surface area contributed by atoms with Crippen LogP contribution in [0.3, 0.4) is 0 Å².